The van der Waals surface area contributed by atoms with E-state index < -0.39 is 64.4 Å². The summed E-state index contributed by atoms with van der Waals surface area (Å²) in [6.07, 6.45) is -0.845. The van der Waals surface area contributed by atoms with Gasteiger partial charge in [0.15, 0.2) is 28.9 Å². The van der Waals surface area contributed by atoms with Crippen LogP contribution in [0, 0.1) is 17.8 Å². The number of hydrogen-bond acceptors (Lipinski definition) is 9. The molecule has 208 valence electrons. The van der Waals surface area contributed by atoms with Gasteiger partial charge >= 0.3 is 56.5 Å². The van der Waals surface area contributed by atoms with Gasteiger partial charge in [-0.1, -0.05) is 21.3 Å². The molecule has 2 rings (SSSR count). The number of carbonyl (C=O) groups is 7. The Kier molecular flexibility index (Phi) is 25.4. The van der Waals surface area contributed by atoms with Crippen LogP contribution in [0.3, 0.4) is 0 Å². The molecule has 0 spiro atoms. The van der Waals surface area contributed by atoms with Crippen molar-refractivity contribution in [2.24, 2.45) is 17.8 Å². The predicted octanol–water partition coefficient (Wildman–Crippen LogP) is -0.294. The van der Waals surface area contributed by atoms with E-state index in [2.05, 4.69) is 74.5 Å². The first kappa shape index (κ1) is 41.0. The molecule has 0 aromatic carbocycles. The van der Waals surface area contributed by atoms with Crippen molar-refractivity contribution in [3.05, 3.63) is 11.3 Å². The Morgan fingerprint density at radius 1 is 0.861 bits per heavy atom. The Bertz CT molecular complexity index is 818. The molecule has 0 aromatic heterocycles. The zero-order chi connectivity index (χ0) is 27.9. The van der Waals surface area contributed by atoms with Crippen LogP contribution in [0.1, 0.15) is 59.8 Å². The van der Waals surface area contributed by atoms with Crippen LogP contribution in [0.15, 0.2) is 11.3 Å². The maximum atomic E-state index is 11.4. The molecule has 2 aliphatic carbocycles. The number of hydrogen-bond donors (Lipinski definition) is 1. The number of carboxylic acids is 2. The average molecular weight is 1070 g/mol. The average Bonchev–Trinajstić information content (AvgIpc) is 2.79. The first-order valence-corrected chi connectivity index (χ1v) is 28.7. The molecular formula is C21H26I5O10-3. The van der Waals surface area contributed by atoms with E-state index in [9.17, 15) is 43.8 Å². The molecule has 0 saturated heterocycles. The van der Waals surface area contributed by atoms with Crippen LogP contribution in [0.25, 0.3) is 0 Å². The van der Waals surface area contributed by atoms with Crippen LogP contribution < -0.4 is 23.5 Å². The van der Waals surface area contributed by atoms with E-state index in [0.29, 0.717) is 13.3 Å². The van der Waals surface area contributed by atoms with E-state index in [1.54, 1.807) is 13.8 Å². The first-order valence-electron chi connectivity index (χ1n) is 9.85. The molecule has 1 N–H and O–H groups in total. The van der Waals surface area contributed by atoms with Gasteiger partial charge in [0.25, 0.3) is 0 Å². The van der Waals surface area contributed by atoms with Crippen molar-refractivity contribution in [1.29, 1.82) is 0 Å². The van der Waals surface area contributed by atoms with E-state index in [0.717, 1.165) is 0 Å². The summed E-state index contributed by atoms with van der Waals surface area (Å²) in [7, 11) is 0. The van der Waals surface area contributed by atoms with E-state index in [1.165, 1.54) is 0 Å². The summed E-state index contributed by atoms with van der Waals surface area (Å²) in [6, 6.07) is 0. The Morgan fingerprint density at radius 3 is 1.53 bits per heavy atom. The second-order valence-corrected chi connectivity index (χ2v) is 23.4. The molecule has 2 saturated carbocycles. The van der Waals surface area contributed by atoms with Gasteiger partial charge in [-0.3, -0.25) is 28.8 Å². The Morgan fingerprint density at radius 2 is 1.25 bits per heavy atom. The predicted molar refractivity (Wildman–Crippen MR) is 157 cm³/mol. The van der Waals surface area contributed by atoms with Crippen LogP contribution in [0.4, 0.5) is 0 Å². The standard InChI is InChI=1S/2C10H12O5.CH4.I3.I2/c2*1-2-6(11)9-7(12)3-5(10(14)15)4-8(9)13;;1-3-2;1-2/h5,11H,2-4H2,1H3,(H,14,15);5,9H,2-4H2,1H3,(H,14,15);1H4;;/q;;;-1;/p-2. The summed E-state index contributed by atoms with van der Waals surface area (Å²) in [5.41, 5.74) is -0.352. The van der Waals surface area contributed by atoms with Gasteiger partial charge in [-0.25, -0.2) is 0 Å². The zero-order valence-electron chi connectivity index (χ0n) is 18.5. The second-order valence-electron chi connectivity index (χ2n) is 7.11. The van der Waals surface area contributed by atoms with Crippen molar-refractivity contribution < 1.29 is 62.1 Å². The summed E-state index contributed by atoms with van der Waals surface area (Å²) in [5, 5.41) is 30.4. The first-order chi connectivity index (χ1) is 16.4. The minimum absolute atomic E-state index is 0. The third kappa shape index (κ3) is 14.0. The minimum atomic E-state index is -1.42. The number of ketones is 5. The third-order valence-electron chi connectivity index (χ3n) is 4.91. The molecule has 0 atom stereocenters. The van der Waals surface area contributed by atoms with Crippen LogP contribution in [0.2, 0.25) is 0 Å². The molecule has 0 aromatic rings. The fourth-order valence-electron chi connectivity index (χ4n) is 3.24. The van der Waals surface area contributed by atoms with Crippen LogP contribution >= 0.6 is 74.5 Å². The van der Waals surface area contributed by atoms with Gasteiger partial charge < -0.3 is 20.1 Å². The van der Waals surface area contributed by atoms with Gasteiger partial charge in [0.1, 0.15) is 5.92 Å². The van der Waals surface area contributed by atoms with Crippen molar-refractivity contribution in [1.82, 2.24) is 0 Å². The Hall–Kier alpha value is 0.480. The number of allylic oxidation sites excluding steroid dienone is 2. The number of Topliss-reactive ketones (excluding diaryl/α,β-unsaturated/α-hetero) is 5. The molecule has 0 bridgehead atoms. The summed E-state index contributed by atoms with van der Waals surface area (Å²) < 4.78 is 0. The summed E-state index contributed by atoms with van der Waals surface area (Å²) in [6.45, 7) is 3.12. The molecule has 10 nitrogen and oxygen atoms in total. The Balaban J connectivity index is -0.000000501. The Labute approximate surface area is 262 Å². The fraction of sp³-hybridized carbons (Fsp3) is 0.571. The number of aliphatic carboxylic acids is 2. The maximum absolute atomic E-state index is 11.4. The van der Waals surface area contributed by atoms with Crippen LogP contribution in [0.5, 0.6) is 0 Å². The molecule has 15 heteroatoms. The molecule has 0 aliphatic heterocycles. The molecule has 36 heavy (non-hydrogen) atoms. The summed E-state index contributed by atoms with van der Waals surface area (Å²) in [5.74, 6) is -9.18. The molecule has 0 amide bonds. The van der Waals surface area contributed by atoms with Gasteiger partial charge in [-0.05, 0) is 6.42 Å². The van der Waals surface area contributed by atoms with Gasteiger partial charge in [0.2, 0.25) is 0 Å². The monoisotopic (exact) mass is 1070 g/mol. The zero-order valence-corrected chi connectivity index (χ0v) is 29.3. The third-order valence-corrected chi connectivity index (χ3v) is 4.91. The van der Waals surface area contributed by atoms with Crippen molar-refractivity contribution >= 4 is 115 Å². The normalized spacial score (nSPS) is 20.8. The van der Waals surface area contributed by atoms with Gasteiger partial charge in [-0.2, -0.15) is 0 Å². The number of carbonyl (C=O) groups excluding carboxylic acids is 6. The van der Waals surface area contributed by atoms with E-state index in [-0.39, 0.29) is 51.5 Å². The molecule has 2 aliphatic rings. The number of carboxylic acid groups (broad SMARTS) is 2. The molecule has 0 heterocycles. The SMILES string of the molecule is C.CCC(=O)C1C(=O)CC(C(=O)O)CC1=O.CCC([O-])=C1C(=O)CC(C(=O)[O-])CC1=O.II.I[I-]I. The molecule has 0 radical (unpaired) electrons. The second kappa shape index (κ2) is 22.3. The van der Waals surface area contributed by atoms with Crippen LogP contribution in [-0.2, 0) is 33.6 Å². The topological polar surface area (TPSA) is 186 Å². The molecular weight excluding hydrogens is 1050 g/mol. The van der Waals surface area contributed by atoms with E-state index in [4.69, 9.17) is 5.11 Å². The molecule has 0 unspecified atom stereocenters. The summed E-state index contributed by atoms with van der Waals surface area (Å²) in [4.78, 5) is 77.9. The van der Waals surface area contributed by atoms with E-state index >= 15 is 0 Å². The fourth-order valence-corrected chi connectivity index (χ4v) is 3.24. The van der Waals surface area contributed by atoms with Gasteiger partial charge in [-0.15, -0.1) is 5.76 Å². The van der Waals surface area contributed by atoms with E-state index in [1.807, 2.05) is 0 Å². The van der Waals surface area contributed by atoms with Crippen molar-refractivity contribution in [3.8, 4) is 0 Å². The number of halogens is 5. The van der Waals surface area contributed by atoms with Crippen LogP contribution in [-0.4, -0.2) is 46.0 Å². The summed E-state index contributed by atoms with van der Waals surface area (Å²) >= 11 is 9.54. The quantitative estimate of drug-likeness (QED) is 0.126. The van der Waals surface area contributed by atoms with Crippen molar-refractivity contribution in [2.45, 2.75) is 59.8 Å². The molecule has 2 fully saturated rings. The van der Waals surface area contributed by atoms with Crippen molar-refractivity contribution in [2.75, 3.05) is 0 Å². The van der Waals surface area contributed by atoms with Crippen molar-refractivity contribution in [3.63, 3.8) is 0 Å². The van der Waals surface area contributed by atoms with Gasteiger partial charge in [0, 0.05) is 86.8 Å². The number of rotatable bonds is 5. The van der Waals surface area contributed by atoms with Gasteiger partial charge in [0.05, 0.1) is 5.92 Å².